The number of halogens is 1. The van der Waals surface area contributed by atoms with Gasteiger partial charge in [0.25, 0.3) is 11.8 Å². The van der Waals surface area contributed by atoms with Crippen LogP contribution in [0, 0.1) is 29.5 Å². The van der Waals surface area contributed by atoms with Crippen LogP contribution >= 0.6 is 0 Å². The van der Waals surface area contributed by atoms with Crippen molar-refractivity contribution >= 4 is 29.4 Å². The molecule has 6 atom stereocenters. The summed E-state index contributed by atoms with van der Waals surface area (Å²) in [6.07, 6.45) is 3.83. The zero-order chi connectivity index (χ0) is 29.3. The number of ketones is 1. The molecule has 0 bridgehead atoms. The first-order valence-corrected chi connectivity index (χ1v) is 14.8. The fourth-order valence-corrected chi connectivity index (χ4v) is 6.45. The minimum absolute atomic E-state index is 0.0194. The van der Waals surface area contributed by atoms with E-state index in [4.69, 9.17) is 4.74 Å². The molecule has 3 N–H and O–H groups in total. The van der Waals surface area contributed by atoms with Gasteiger partial charge in [-0.05, 0) is 80.5 Å². The van der Waals surface area contributed by atoms with Crippen molar-refractivity contribution in [2.24, 2.45) is 23.7 Å². The molecule has 0 spiro atoms. The summed E-state index contributed by atoms with van der Waals surface area (Å²) in [5.41, 5.74) is 0. The highest BCUT2D eigenvalue weighted by Crippen LogP contribution is 2.43. The van der Waals surface area contributed by atoms with Gasteiger partial charge in [-0.15, -0.1) is 0 Å². The summed E-state index contributed by atoms with van der Waals surface area (Å²) < 4.78 is 19.4. The maximum Gasteiger partial charge on any atom is 0.289 e. The number of hydrogen-bond acceptors (Lipinski definition) is 6. The highest BCUT2D eigenvalue weighted by atomic mass is 19.1. The third-order valence-corrected chi connectivity index (χ3v) is 8.82. The summed E-state index contributed by atoms with van der Waals surface area (Å²) in [6.45, 7) is 4.56. The lowest BCUT2D eigenvalue weighted by atomic mass is 9.91. The molecule has 0 unspecified atom stereocenters. The molecule has 4 aliphatic rings. The Morgan fingerprint density at radius 3 is 2.44 bits per heavy atom. The van der Waals surface area contributed by atoms with Crippen molar-refractivity contribution in [3.05, 3.63) is 30.1 Å². The van der Waals surface area contributed by atoms with E-state index < -0.39 is 47.5 Å². The zero-order valence-corrected chi connectivity index (χ0v) is 23.6. The number of likely N-dealkylation sites (tertiary alicyclic amines) is 1. The molecule has 2 saturated heterocycles. The monoisotopic (exact) mass is 570 g/mol. The number of Topliss-reactive ketones (excluding diaryl/α,β-unsaturated/α-hetero) is 1. The molecule has 10 nitrogen and oxygen atoms in total. The standard InChI is InChI=1S/C30H39FN4O6/c1-16(2)26(41-21-10-6-19(31)7-11-21)30(40)35-15-18-4-3-5-22(18)24(35)28(38)34-23(14-17-12-13-32-27(17)37)25(36)29(39)33-20-8-9-20/h6-7,10-11,16-18,20,22-24,26H,3-5,8-9,12-15H2,1-2H3,(H,32,37)(H,33,39)(H,34,38)/t17-,18-,22-,23-,24-,26-/m0/s1. The van der Waals surface area contributed by atoms with Gasteiger partial charge in [-0.2, -0.15) is 0 Å². The Bertz CT molecular complexity index is 1190. The number of benzene rings is 1. The highest BCUT2D eigenvalue weighted by molar-refractivity contribution is 6.38. The third kappa shape index (κ3) is 6.54. The van der Waals surface area contributed by atoms with Crippen LogP contribution in [0.5, 0.6) is 5.75 Å². The van der Waals surface area contributed by atoms with Gasteiger partial charge in [0.05, 0.1) is 6.04 Å². The SMILES string of the molecule is CC(C)[C@H](Oc1ccc(F)cc1)C(=O)N1C[C@@H]2CCC[C@@H]2[C@H]1C(=O)N[C@@H](C[C@@H]1CCNC1=O)C(=O)C(=O)NC1CC1. The van der Waals surface area contributed by atoms with Crippen LogP contribution in [0.25, 0.3) is 0 Å². The number of rotatable bonds is 11. The summed E-state index contributed by atoms with van der Waals surface area (Å²) in [6, 6.07) is 3.40. The van der Waals surface area contributed by atoms with E-state index in [0.29, 0.717) is 25.3 Å². The first-order valence-electron chi connectivity index (χ1n) is 14.8. The van der Waals surface area contributed by atoms with Crippen molar-refractivity contribution in [1.82, 2.24) is 20.9 Å². The molecule has 1 aromatic carbocycles. The fourth-order valence-electron chi connectivity index (χ4n) is 6.45. The lowest BCUT2D eigenvalue weighted by molar-refractivity contribution is -0.147. The third-order valence-electron chi connectivity index (χ3n) is 8.82. The molecule has 2 aliphatic carbocycles. The second-order valence-corrected chi connectivity index (χ2v) is 12.2. The molecule has 0 aromatic heterocycles. The number of carbonyl (C=O) groups excluding carboxylic acids is 5. The van der Waals surface area contributed by atoms with Crippen molar-refractivity contribution < 1.29 is 33.1 Å². The van der Waals surface area contributed by atoms with E-state index in [1.807, 2.05) is 13.8 Å². The smallest absolute Gasteiger partial charge is 0.289 e. The first kappa shape index (κ1) is 29.0. The van der Waals surface area contributed by atoms with Gasteiger partial charge in [0.15, 0.2) is 6.10 Å². The predicted molar refractivity (Wildman–Crippen MR) is 146 cm³/mol. The van der Waals surface area contributed by atoms with E-state index in [1.54, 1.807) is 4.90 Å². The molecular formula is C30H39FN4O6. The molecule has 222 valence electrons. The minimum atomic E-state index is -1.18. The molecule has 4 fully saturated rings. The second kappa shape index (κ2) is 12.2. The van der Waals surface area contributed by atoms with E-state index >= 15 is 0 Å². The lowest BCUT2D eigenvalue weighted by Crippen LogP contribution is -2.57. The van der Waals surface area contributed by atoms with Crippen LogP contribution in [0.1, 0.15) is 58.8 Å². The molecule has 0 radical (unpaired) electrons. The Hall–Kier alpha value is -3.50. The van der Waals surface area contributed by atoms with Crippen LogP contribution in [-0.2, 0) is 24.0 Å². The normalized spacial score (nSPS) is 26.7. The van der Waals surface area contributed by atoms with Crippen molar-refractivity contribution in [1.29, 1.82) is 0 Å². The van der Waals surface area contributed by atoms with Gasteiger partial charge in [-0.25, -0.2) is 4.39 Å². The molecule has 2 aliphatic heterocycles. The van der Waals surface area contributed by atoms with E-state index in [0.717, 1.165) is 32.1 Å². The van der Waals surface area contributed by atoms with E-state index in [9.17, 15) is 28.4 Å². The van der Waals surface area contributed by atoms with Gasteiger partial charge in [0, 0.05) is 25.0 Å². The summed E-state index contributed by atoms with van der Waals surface area (Å²) >= 11 is 0. The Labute approximate surface area is 239 Å². The summed E-state index contributed by atoms with van der Waals surface area (Å²) in [7, 11) is 0. The lowest BCUT2D eigenvalue weighted by Gasteiger charge is -2.33. The van der Waals surface area contributed by atoms with Gasteiger partial charge in [-0.1, -0.05) is 20.3 Å². The number of amides is 4. The Balaban J connectivity index is 1.36. The van der Waals surface area contributed by atoms with Crippen LogP contribution in [0.3, 0.4) is 0 Å². The molecule has 4 amide bonds. The number of ether oxygens (including phenoxy) is 1. The summed E-state index contributed by atoms with van der Waals surface area (Å²) in [5, 5.41) is 8.22. The van der Waals surface area contributed by atoms with Crippen molar-refractivity contribution in [2.75, 3.05) is 13.1 Å². The summed E-state index contributed by atoms with van der Waals surface area (Å²) in [4.78, 5) is 67.7. The minimum Gasteiger partial charge on any atom is -0.480 e. The van der Waals surface area contributed by atoms with E-state index in [2.05, 4.69) is 16.0 Å². The van der Waals surface area contributed by atoms with Crippen LogP contribution in [0.15, 0.2) is 24.3 Å². The number of nitrogens with one attached hydrogen (secondary N) is 3. The van der Waals surface area contributed by atoms with Crippen LogP contribution in [-0.4, -0.2) is 71.6 Å². The van der Waals surface area contributed by atoms with Gasteiger partial charge in [0.1, 0.15) is 17.6 Å². The maximum absolute atomic E-state index is 13.9. The second-order valence-electron chi connectivity index (χ2n) is 12.2. The highest BCUT2D eigenvalue weighted by Gasteiger charge is 2.51. The number of fused-ring (bicyclic) bond motifs is 1. The van der Waals surface area contributed by atoms with Gasteiger partial charge >= 0.3 is 0 Å². The number of carbonyl (C=O) groups is 5. The Kier molecular flexibility index (Phi) is 8.60. The number of nitrogens with zero attached hydrogens (tertiary/aromatic N) is 1. The maximum atomic E-state index is 13.9. The Morgan fingerprint density at radius 2 is 1.80 bits per heavy atom. The Morgan fingerprint density at radius 1 is 1.07 bits per heavy atom. The van der Waals surface area contributed by atoms with Gasteiger partial charge in [-0.3, -0.25) is 24.0 Å². The largest absolute Gasteiger partial charge is 0.480 e. The molecule has 11 heteroatoms. The van der Waals surface area contributed by atoms with E-state index in [1.165, 1.54) is 24.3 Å². The topological polar surface area (TPSA) is 134 Å². The molecular weight excluding hydrogens is 531 g/mol. The zero-order valence-electron chi connectivity index (χ0n) is 23.6. The summed E-state index contributed by atoms with van der Waals surface area (Å²) in [5.74, 6) is -3.32. The molecule has 5 rings (SSSR count). The van der Waals surface area contributed by atoms with Crippen LogP contribution in [0.2, 0.25) is 0 Å². The van der Waals surface area contributed by atoms with Crippen molar-refractivity contribution in [3.63, 3.8) is 0 Å². The molecule has 41 heavy (non-hydrogen) atoms. The van der Waals surface area contributed by atoms with E-state index in [-0.39, 0.29) is 42.0 Å². The predicted octanol–water partition coefficient (Wildman–Crippen LogP) is 1.71. The van der Waals surface area contributed by atoms with Crippen LogP contribution in [0.4, 0.5) is 4.39 Å². The quantitative estimate of drug-likeness (QED) is 0.347. The van der Waals surface area contributed by atoms with Gasteiger partial charge in [0.2, 0.25) is 17.6 Å². The fraction of sp³-hybridized carbons (Fsp3) is 0.633. The molecule has 1 aromatic rings. The molecule has 2 heterocycles. The van der Waals surface area contributed by atoms with Crippen molar-refractivity contribution in [3.8, 4) is 5.75 Å². The first-order chi connectivity index (χ1) is 19.6. The van der Waals surface area contributed by atoms with Crippen LogP contribution < -0.4 is 20.7 Å². The van der Waals surface area contributed by atoms with Gasteiger partial charge < -0.3 is 25.6 Å². The molecule has 2 saturated carbocycles. The average molecular weight is 571 g/mol. The van der Waals surface area contributed by atoms with Crippen molar-refractivity contribution in [2.45, 2.75) is 83.0 Å². The average Bonchev–Trinajstić information content (AvgIpc) is 3.29. The number of hydrogen-bond donors (Lipinski definition) is 3.